The number of nitrogens with zero attached hydrogens (tertiary/aromatic N) is 2. The summed E-state index contributed by atoms with van der Waals surface area (Å²) in [7, 11) is 0. The SMILES string of the molecule is O=C(Cc1cccc2ccccc12)N1CCC(CNCCCCCN2C(=O)c3ccccc3C2=O)CC1. The zero-order chi connectivity index (χ0) is 25.6. The molecule has 5 rings (SSSR count). The molecule has 2 aliphatic heterocycles. The van der Waals surface area contributed by atoms with Gasteiger partial charge in [-0.15, -0.1) is 0 Å². The number of benzene rings is 3. The Hall–Kier alpha value is -3.51. The second-order valence-electron chi connectivity index (χ2n) is 10.2. The summed E-state index contributed by atoms with van der Waals surface area (Å²) in [5.41, 5.74) is 2.15. The number of carbonyl (C=O) groups is 3. The lowest BCUT2D eigenvalue weighted by Crippen LogP contribution is -2.41. The summed E-state index contributed by atoms with van der Waals surface area (Å²) in [5, 5.41) is 5.92. The molecule has 1 fully saturated rings. The third-order valence-electron chi connectivity index (χ3n) is 7.74. The lowest BCUT2D eigenvalue weighted by atomic mass is 9.95. The quantitative estimate of drug-likeness (QED) is 0.326. The van der Waals surface area contributed by atoms with Crippen molar-refractivity contribution >= 4 is 28.5 Å². The van der Waals surface area contributed by atoms with Crippen LogP contribution in [0, 0.1) is 5.92 Å². The smallest absolute Gasteiger partial charge is 0.261 e. The van der Waals surface area contributed by atoms with Crippen LogP contribution in [0.1, 0.15) is 58.4 Å². The molecule has 0 aliphatic carbocycles. The highest BCUT2D eigenvalue weighted by molar-refractivity contribution is 6.21. The lowest BCUT2D eigenvalue weighted by molar-refractivity contribution is -0.131. The van der Waals surface area contributed by atoms with E-state index in [1.54, 1.807) is 24.3 Å². The van der Waals surface area contributed by atoms with Gasteiger partial charge in [0.1, 0.15) is 0 Å². The summed E-state index contributed by atoms with van der Waals surface area (Å²) >= 11 is 0. The summed E-state index contributed by atoms with van der Waals surface area (Å²) in [4.78, 5) is 41.2. The summed E-state index contributed by atoms with van der Waals surface area (Å²) < 4.78 is 0. The number of piperidine rings is 1. The van der Waals surface area contributed by atoms with Gasteiger partial charge in [0.05, 0.1) is 17.5 Å². The van der Waals surface area contributed by atoms with Crippen molar-refractivity contribution < 1.29 is 14.4 Å². The Bertz CT molecular complexity index is 1240. The van der Waals surface area contributed by atoms with E-state index >= 15 is 0 Å². The number of fused-ring (bicyclic) bond motifs is 2. The largest absolute Gasteiger partial charge is 0.342 e. The van der Waals surface area contributed by atoms with Crippen molar-refractivity contribution in [3.05, 3.63) is 83.4 Å². The van der Waals surface area contributed by atoms with E-state index in [9.17, 15) is 14.4 Å². The van der Waals surface area contributed by atoms with Gasteiger partial charge in [-0.2, -0.15) is 0 Å². The van der Waals surface area contributed by atoms with Gasteiger partial charge >= 0.3 is 0 Å². The molecule has 0 atom stereocenters. The first kappa shape index (κ1) is 25.2. The monoisotopic (exact) mass is 497 g/mol. The van der Waals surface area contributed by atoms with Gasteiger partial charge in [-0.1, -0.05) is 61.0 Å². The van der Waals surface area contributed by atoms with Crippen LogP contribution in [0.2, 0.25) is 0 Å². The number of hydrogen-bond donors (Lipinski definition) is 1. The molecule has 3 aromatic carbocycles. The van der Waals surface area contributed by atoms with Crippen molar-refractivity contribution in [1.29, 1.82) is 0 Å². The van der Waals surface area contributed by atoms with Crippen LogP contribution >= 0.6 is 0 Å². The topological polar surface area (TPSA) is 69.7 Å². The minimum atomic E-state index is -0.166. The highest BCUT2D eigenvalue weighted by atomic mass is 16.2. The molecule has 192 valence electrons. The van der Waals surface area contributed by atoms with Crippen LogP contribution in [0.4, 0.5) is 0 Å². The summed E-state index contributed by atoms with van der Waals surface area (Å²) in [6.07, 6.45) is 5.35. The van der Waals surface area contributed by atoms with Crippen LogP contribution in [0.15, 0.2) is 66.7 Å². The maximum atomic E-state index is 12.9. The highest BCUT2D eigenvalue weighted by Gasteiger charge is 2.34. The Kier molecular flexibility index (Phi) is 7.95. The fourth-order valence-corrected chi connectivity index (χ4v) is 5.55. The first-order valence-corrected chi connectivity index (χ1v) is 13.5. The normalized spacial score (nSPS) is 16.0. The molecule has 1 N–H and O–H groups in total. The van der Waals surface area contributed by atoms with Crippen molar-refractivity contribution in [1.82, 2.24) is 15.1 Å². The minimum Gasteiger partial charge on any atom is -0.342 e. The van der Waals surface area contributed by atoms with E-state index in [2.05, 4.69) is 29.6 Å². The Morgan fingerprint density at radius 3 is 2.24 bits per heavy atom. The molecule has 6 nitrogen and oxygen atoms in total. The Balaban J connectivity index is 0.958. The molecular weight excluding hydrogens is 462 g/mol. The van der Waals surface area contributed by atoms with E-state index in [0.29, 0.717) is 30.0 Å². The maximum Gasteiger partial charge on any atom is 0.261 e. The Morgan fingerprint density at radius 1 is 0.811 bits per heavy atom. The van der Waals surface area contributed by atoms with Crippen LogP contribution in [-0.2, 0) is 11.2 Å². The molecule has 0 saturated carbocycles. The molecule has 2 heterocycles. The predicted molar refractivity (Wildman–Crippen MR) is 145 cm³/mol. The van der Waals surface area contributed by atoms with Crippen molar-refractivity contribution in [2.24, 2.45) is 5.92 Å². The van der Waals surface area contributed by atoms with Crippen LogP contribution in [0.25, 0.3) is 10.8 Å². The molecule has 3 aromatic rings. The van der Waals surface area contributed by atoms with Crippen molar-refractivity contribution in [3.63, 3.8) is 0 Å². The molecule has 1 saturated heterocycles. The summed E-state index contributed by atoms with van der Waals surface area (Å²) in [5.74, 6) is 0.488. The van der Waals surface area contributed by atoms with Gasteiger partial charge in [-0.05, 0) is 73.2 Å². The zero-order valence-electron chi connectivity index (χ0n) is 21.3. The van der Waals surface area contributed by atoms with Gasteiger partial charge in [-0.3, -0.25) is 19.3 Å². The average Bonchev–Trinajstić information content (AvgIpc) is 3.18. The standard InChI is InChI=1S/C31H35N3O3/c35-29(21-25-11-8-10-24-9-2-3-12-26(24)25)33-19-15-23(16-20-33)22-32-17-6-1-7-18-34-30(36)27-13-4-5-14-28(27)31(34)37/h2-5,8-14,23,32H,1,6-7,15-22H2. The molecule has 6 heteroatoms. The average molecular weight is 498 g/mol. The van der Waals surface area contributed by atoms with Gasteiger partial charge in [0.15, 0.2) is 0 Å². The number of amides is 3. The number of likely N-dealkylation sites (tertiary alicyclic amines) is 1. The van der Waals surface area contributed by atoms with E-state index in [1.807, 2.05) is 23.1 Å². The fraction of sp³-hybridized carbons (Fsp3) is 0.387. The second-order valence-corrected chi connectivity index (χ2v) is 10.2. The number of hydrogen-bond acceptors (Lipinski definition) is 4. The van der Waals surface area contributed by atoms with Crippen LogP contribution in [0.3, 0.4) is 0 Å². The van der Waals surface area contributed by atoms with Crippen molar-refractivity contribution in [2.45, 2.75) is 38.5 Å². The molecule has 0 radical (unpaired) electrons. The van der Waals surface area contributed by atoms with Crippen LogP contribution in [0.5, 0.6) is 0 Å². The van der Waals surface area contributed by atoms with Crippen molar-refractivity contribution in [2.75, 3.05) is 32.7 Å². The number of carbonyl (C=O) groups excluding carboxylic acids is 3. The first-order valence-electron chi connectivity index (χ1n) is 13.5. The predicted octanol–water partition coefficient (Wildman–Crippen LogP) is 4.68. The van der Waals surface area contributed by atoms with Gasteiger partial charge in [0, 0.05) is 19.6 Å². The summed E-state index contributed by atoms with van der Waals surface area (Å²) in [6, 6.07) is 21.5. The number of nitrogens with one attached hydrogen (secondary N) is 1. The molecule has 2 aliphatic rings. The first-order chi connectivity index (χ1) is 18.1. The van der Waals surface area contributed by atoms with Crippen LogP contribution < -0.4 is 5.32 Å². The molecule has 0 bridgehead atoms. The molecule has 37 heavy (non-hydrogen) atoms. The van der Waals surface area contributed by atoms with E-state index in [0.717, 1.165) is 63.8 Å². The lowest BCUT2D eigenvalue weighted by Gasteiger charge is -2.32. The third-order valence-corrected chi connectivity index (χ3v) is 7.74. The molecule has 0 aromatic heterocycles. The third kappa shape index (κ3) is 5.75. The number of unbranched alkanes of at least 4 members (excludes halogenated alkanes) is 2. The zero-order valence-corrected chi connectivity index (χ0v) is 21.3. The molecular formula is C31H35N3O3. The second kappa shape index (κ2) is 11.7. The van der Waals surface area contributed by atoms with Gasteiger partial charge in [-0.25, -0.2) is 0 Å². The Labute approximate surface area is 218 Å². The van der Waals surface area contributed by atoms with E-state index in [4.69, 9.17) is 0 Å². The Morgan fingerprint density at radius 2 is 1.49 bits per heavy atom. The van der Waals surface area contributed by atoms with E-state index in [1.165, 1.54) is 15.7 Å². The fourth-order valence-electron chi connectivity index (χ4n) is 5.55. The number of rotatable bonds is 10. The maximum absolute atomic E-state index is 12.9. The van der Waals surface area contributed by atoms with E-state index in [-0.39, 0.29) is 17.7 Å². The minimum absolute atomic E-state index is 0.166. The van der Waals surface area contributed by atoms with Crippen molar-refractivity contribution in [3.8, 4) is 0 Å². The highest BCUT2D eigenvalue weighted by Crippen LogP contribution is 2.23. The van der Waals surface area contributed by atoms with Crippen LogP contribution in [-0.4, -0.2) is 60.2 Å². The molecule has 0 spiro atoms. The van der Waals surface area contributed by atoms with Gasteiger partial charge in [0.25, 0.3) is 11.8 Å². The molecule has 3 amide bonds. The summed E-state index contributed by atoms with van der Waals surface area (Å²) in [6.45, 7) is 4.05. The van der Waals surface area contributed by atoms with E-state index < -0.39 is 0 Å². The number of imide groups is 1. The molecule has 0 unspecified atom stereocenters. The van der Waals surface area contributed by atoms with Gasteiger partial charge < -0.3 is 10.2 Å². The van der Waals surface area contributed by atoms with Gasteiger partial charge in [0.2, 0.25) is 5.91 Å².